The Morgan fingerprint density at radius 2 is 1.81 bits per heavy atom. The predicted octanol–water partition coefficient (Wildman–Crippen LogP) is 4.09. The van der Waals surface area contributed by atoms with E-state index in [2.05, 4.69) is 5.32 Å². The summed E-state index contributed by atoms with van der Waals surface area (Å²) in [7, 11) is 1.59. The van der Waals surface area contributed by atoms with Crippen molar-refractivity contribution in [2.75, 3.05) is 11.9 Å². The van der Waals surface area contributed by atoms with Crippen LogP contribution in [-0.2, 0) is 18.0 Å². The lowest BCUT2D eigenvalue weighted by Gasteiger charge is -2.13. The standard InChI is InChI=1S/C18H19F3N2O3/c1-5-26-17(25)15-10(2)14(11(3)23(15)4)16(24)22-13-9-7-6-8-12(13)18(19,20)21/h6-9H,5H2,1-4H3,(H,22,24). The average Bonchev–Trinajstić information content (AvgIpc) is 2.76. The third-order valence-corrected chi connectivity index (χ3v) is 4.11. The van der Waals surface area contributed by atoms with E-state index in [1.165, 1.54) is 22.8 Å². The lowest BCUT2D eigenvalue weighted by Crippen LogP contribution is -2.18. The van der Waals surface area contributed by atoms with Gasteiger partial charge in [0.15, 0.2) is 0 Å². The van der Waals surface area contributed by atoms with Crippen LogP contribution in [0.2, 0.25) is 0 Å². The zero-order chi connectivity index (χ0) is 19.6. The molecule has 0 saturated carbocycles. The Labute approximate surface area is 148 Å². The Hall–Kier alpha value is -2.77. The number of rotatable bonds is 4. The second-order valence-electron chi connectivity index (χ2n) is 5.71. The molecule has 0 unspecified atom stereocenters. The second kappa shape index (κ2) is 7.23. The highest BCUT2D eigenvalue weighted by Crippen LogP contribution is 2.35. The number of esters is 1. The SMILES string of the molecule is CCOC(=O)c1c(C)c(C(=O)Nc2ccccc2C(F)(F)F)c(C)n1C. The number of ether oxygens (including phenoxy) is 1. The Morgan fingerprint density at radius 3 is 2.38 bits per heavy atom. The fourth-order valence-corrected chi connectivity index (χ4v) is 2.82. The first-order valence-electron chi connectivity index (χ1n) is 7.90. The molecule has 0 atom stereocenters. The first kappa shape index (κ1) is 19.6. The van der Waals surface area contributed by atoms with Crippen molar-refractivity contribution in [1.82, 2.24) is 4.57 Å². The van der Waals surface area contributed by atoms with Crippen molar-refractivity contribution < 1.29 is 27.5 Å². The highest BCUT2D eigenvalue weighted by Gasteiger charge is 2.34. The molecule has 0 spiro atoms. The number of halogens is 3. The fraction of sp³-hybridized carbons (Fsp3) is 0.333. The summed E-state index contributed by atoms with van der Waals surface area (Å²) in [6.45, 7) is 5.00. The first-order chi connectivity index (χ1) is 12.1. The van der Waals surface area contributed by atoms with Crippen molar-refractivity contribution in [1.29, 1.82) is 0 Å². The molecule has 1 aromatic heterocycles. The summed E-state index contributed by atoms with van der Waals surface area (Å²) in [6, 6.07) is 4.72. The summed E-state index contributed by atoms with van der Waals surface area (Å²) < 4.78 is 45.8. The third kappa shape index (κ3) is 3.58. The van der Waals surface area contributed by atoms with Crippen molar-refractivity contribution in [3.8, 4) is 0 Å². The Morgan fingerprint density at radius 1 is 1.19 bits per heavy atom. The molecule has 1 N–H and O–H groups in total. The van der Waals surface area contributed by atoms with Crippen LogP contribution in [0, 0.1) is 13.8 Å². The molecule has 140 valence electrons. The zero-order valence-corrected chi connectivity index (χ0v) is 14.8. The van der Waals surface area contributed by atoms with E-state index in [-0.39, 0.29) is 23.6 Å². The summed E-state index contributed by atoms with van der Waals surface area (Å²) in [4.78, 5) is 24.7. The van der Waals surface area contributed by atoms with Crippen LogP contribution in [0.4, 0.5) is 18.9 Å². The van der Waals surface area contributed by atoms with Gasteiger partial charge in [-0.25, -0.2) is 4.79 Å². The van der Waals surface area contributed by atoms with Crippen LogP contribution in [0.25, 0.3) is 0 Å². The van der Waals surface area contributed by atoms with Crippen molar-refractivity contribution in [3.05, 3.63) is 52.3 Å². The monoisotopic (exact) mass is 368 g/mol. The summed E-state index contributed by atoms with van der Waals surface area (Å²) in [5, 5.41) is 2.30. The van der Waals surface area contributed by atoms with Crippen molar-refractivity contribution in [2.45, 2.75) is 26.9 Å². The quantitative estimate of drug-likeness (QED) is 0.827. The van der Waals surface area contributed by atoms with Crippen LogP contribution in [0.1, 0.15) is 44.6 Å². The molecule has 0 fully saturated rings. The van der Waals surface area contributed by atoms with E-state index in [9.17, 15) is 22.8 Å². The number of nitrogens with one attached hydrogen (secondary N) is 1. The van der Waals surface area contributed by atoms with Gasteiger partial charge in [-0.2, -0.15) is 13.2 Å². The van der Waals surface area contributed by atoms with Crippen LogP contribution in [0.5, 0.6) is 0 Å². The number of alkyl halides is 3. The maximum Gasteiger partial charge on any atom is 0.418 e. The van der Waals surface area contributed by atoms with Gasteiger partial charge in [0, 0.05) is 12.7 Å². The largest absolute Gasteiger partial charge is 0.461 e. The van der Waals surface area contributed by atoms with Crippen LogP contribution in [0.3, 0.4) is 0 Å². The predicted molar refractivity (Wildman–Crippen MR) is 90.2 cm³/mol. The van der Waals surface area contributed by atoms with Gasteiger partial charge in [0.2, 0.25) is 0 Å². The van der Waals surface area contributed by atoms with E-state index >= 15 is 0 Å². The van der Waals surface area contributed by atoms with E-state index in [4.69, 9.17) is 4.74 Å². The minimum atomic E-state index is -4.60. The van der Waals surface area contributed by atoms with Gasteiger partial charge in [-0.3, -0.25) is 4.79 Å². The molecule has 1 heterocycles. The summed E-state index contributed by atoms with van der Waals surface area (Å²) >= 11 is 0. The summed E-state index contributed by atoms with van der Waals surface area (Å²) in [5.41, 5.74) is -0.139. The number of anilines is 1. The molecule has 1 aromatic carbocycles. The summed E-state index contributed by atoms with van der Waals surface area (Å²) in [6.07, 6.45) is -4.60. The number of aromatic nitrogens is 1. The lowest BCUT2D eigenvalue weighted by molar-refractivity contribution is -0.136. The van der Waals surface area contributed by atoms with Crippen LogP contribution >= 0.6 is 0 Å². The van der Waals surface area contributed by atoms with Gasteiger partial charge in [-0.05, 0) is 38.5 Å². The van der Waals surface area contributed by atoms with E-state index in [0.717, 1.165) is 6.07 Å². The number of amides is 1. The molecule has 0 aliphatic rings. The van der Waals surface area contributed by atoms with Crippen molar-refractivity contribution >= 4 is 17.6 Å². The van der Waals surface area contributed by atoms with Crippen molar-refractivity contribution in [2.24, 2.45) is 7.05 Å². The Kier molecular flexibility index (Phi) is 5.44. The third-order valence-electron chi connectivity index (χ3n) is 4.11. The van der Waals surface area contributed by atoms with Gasteiger partial charge in [-0.15, -0.1) is 0 Å². The number of nitrogens with zero attached hydrogens (tertiary/aromatic N) is 1. The second-order valence-corrected chi connectivity index (χ2v) is 5.71. The average molecular weight is 368 g/mol. The van der Waals surface area contributed by atoms with Gasteiger partial charge in [0.05, 0.1) is 23.4 Å². The number of para-hydroxylation sites is 1. The van der Waals surface area contributed by atoms with Crippen LogP contribution < -0.4 is 5.32 Å². The smallest absolute Gasteiger partial charge is 0.418 e. The van der Waals surface area contributed by atoms with Crippen molar-refractivity contribution in [3.63, 3.8) is 0 Å². The first-order valence-corrected chi connectivity index (χ1v) is 7.90. The number of benzene rings is 1. The fourth-order valence-electron chi connectivity index (χ4n) is 2.82. The van der Waals surface area contributed by atoms with Crippen LogP contribution in [-0.4, -0.2) is 23.1 Å². The molecule has 2 aromatic rings. The minimum absolute atomic E-state index is 0.146. The minimum Gasteiger partial charge on any atom is -0.461 e. The molecular weight excluding hydrogens is 349 g/mol. The summed E-state index contributed by atoms with van der Waals surface area (Å²) in [5.74, 6) is -1.31. The molecule has 1 amide bonds. The Bertz CT molecular complexity index is 854. The lowest BCUT2D eigenvalue weighted by atomic mass is 10.1. The molecule has 5 nitrogen and oxygen atoms in total. The Balaban J connectivity index is 2.44. The molecular formula is C18H19F3N2O3. The number of hydrogen-bond acceptors (Lipinski definition) is 3. The van der Waals surface area contributed by atoms with Gasteiger partial charge in [0.25, 0.3) is 5.91 Å². The maximum absolute atomic E-state index is 13.1. The van der Waals surface area contributed by atoms with Gasteiger partial charge >= 0.3 is 12.1 Å². The van der Waals surface area contributed by atoms with E-state index < -0.39 is 23.6 Å². The molecule has 0 saturated heterocycles. The molecule has 0 aliphatic carbocycles. The topological polar surface area (TPSA) is 60.3 Å². The highest BCUT2D eigenvalue weighted by molar-refractivity contribution is 6.08. The number of carbonyl (C=O) groups is 2. The molecule has 8 heteroatoms. The van der Waals surface area contributed by atoms with E-state index in [0.29, 0.717) is 11.3 Å². The van der Waals surface area contributed by atoms with E-state index in [1.807, 2.05) is 0 Å². The number of hydrogen-bond donors (Lipinski definition) is 1. The van der Waals surface area contributed by atoms with Gasteiger partial charge < -0.3 is 14.6 Å². The highest BCUT2D eigenvalue weighted by atomic mass is 19.4. The maximum atomic E-state index is 13.1. The molecule has 0 aliphatic heterocycles. The van der Waals surface area contributed by atoms with Gasteiger partial charge in [0.1, 0.15) is 5.69 Å². The molecule has 2 rings (SSSR count). The van der Waals surface area contributed by atoms with E-state index in [1.54, 1.807) is 27.8 Å². The van der Waals surface area contributed by atoms with Crippen LogP contribution in [0.15, 0.2) is 24.3 Å². The zero-order valence-electron chi connectivity index (χ0n) is 14.8. The number of carbonyl (C=O) groups excluding carboxylic acids is 2. The molecule has 0 bridgehead atoms. The molecule has 0 radical (unpaired) electrons. The van der Waals surface area contributed by atoms with Gasteiger partial charge in [-0.1, -0.05) is 12.1 Å². The molecule has 26 heavy (non-hydrogen) atoms. The normalized spacial score (nSPS) is 11.3.